The van der Waals surface area contributed by atoms with E-state index in [0.29, 0.717) is 13.0 Å². The number of halogens is 1. The molecule has 0 saturated carbocycles. The van der Waals surface area contributed by atoms with Crippen LogP contribution in [0.15, 0.2) is 18.2 Å². The summed E-state index contributed by atoms with van der Waals surface area (Å²) in [6, 6.07) is -9.86. The maximum atomic E-state index is 12.8. The summed E-state index contributed by atoms with van der Waals surface area (Å²) in [5.41, 5.74) is 56.4. The van der Waals surface area contributed by atoms with Crippen LogP contribution in [0.2, 0.25) is 0 Å². The number of ether oxygens (including phenoxy) is 18. The van der Waals surface area contributed by atoms with E-state index in [1.54, 1.807) is 6.07 Å². The molecule has 45 atom stereocenters. The molecular weight excluding hydrogens is 1600 g/mol. The van der Waals surface area contributed by atoms with E-state index in [1.165, 1.54) is 12.1 Å². The zero-order valence-electron chi connectivity index (χ0n) is 63.2. The van der Waals surface area contributed by atoms with E-state index >= 15 is 0 Å². The SMILES string of the molecule is COC(=O)N[C@H]1[C@H](O[C@H]2[C@H](O)[C@@H](N)[C@H](O[C@H]3[C@H](O)[C@@H](N)[C@H](O)O[C@@H]3CO)O[C@@H]2CO)O[C@H](CO)[C@@H](O[C@@H]2O[C@H](CO)[C@@H](O[C@@H]3O[C@H](CO)[C@@H](O[C@@H]4O[C@H](CO)[C@@H](O[C@@H]5O[C@H](CO)[C@@H](O[C@@H]6O[C@H](CO)[C@@H](O[C@@H]7O[C@H](CO)[C@@H](O)[C@H](O)[C@H]7N)[C@H](O)[C@H]6N)[C@H](O)[C@H]5N)[C@H](O)[C@H]4N)[C@H](O)[C@H]3N)[C@H](O)[C@H]2N)[C@@H]1O.NCCc1ccc(O)c(O)c1.[Cl-].[H+]. The van der Waals surface area contributed by atoms with E-state index < -0.39 is 341 Å². The first kappa shape index (κ1) is 98.0. The molecule has 1 aromatic carbocycles. The molecule has 1 aromatic rings. The van der Waals surface area contributed by atoms with Gasteiger partial charge in [-0.2, -0.15) is 0 Å². The van der Waals surface area contributed by atoms with E-state index in [4.69, 9.17) is 147 Å². The number of phenolic OH excluding ortho intramolecular Hbond substituents is 2. The normalized spacial score (nSPS) is 47.5. The molecule has 0 radical (unpaired) electrons. The molecule has 9 heterocycles. The van der Waals surface area contributed by atoms with Gasteiger partial charge in [0.15, 0.2) is 68.1 Å². The van der Waals surface area contributed by atoms with Gasteiger partial charge in [-0.25, -0.2) is 4.79 Å². The summed E-state index contributed by atoms with van der Waals surface area (Å²) < 4.78 is 104. The number of hydrogen-bond donors (Lipinski definition) is 32. The molecule has 52 heteroatoms. The van der Waals surface area contributed by atoms with Crippen molar-refractivity contribution in [1.29, 1.82) is 0 Å². The Kier molecular flexibility index (Phi) is 36.9. The predicted octanol–water partition coefficient (Wildman–Crippen LogP) is -22.8. The van der Waals surface area contributed by atoms with Crippen molar-refractivity contribution in [2.45, 2.75) is 282 Å². The minimum absolute atomic E-state index is 0. The highest BCUT2D eigenvalue weighted by atomic mass is 35.5. The van der Waals surface area contributed by atoms with Gasteiger partial charge in [0.1, 0.15) is 171 Å². The Morgan fingerprint density at radius 1 is 0.345 bits per heavy atom. The van der Waals surface area contributed by atoms with E-state index in [1.807, 2.05) is 0 Å². The second-order valence-electron chi connectivity index (χ2n) is 28.9. The van der Waals surface area contributed by atoms with Crippen LogP contribution in [0.3, 0.4) is 0 Å². The van der Waals surface area contributed by atoms with Gasteiger partial charge in [0, 0.05) is 0 Å². The summed E-state index contributed by atoms with van der Waals surface area (Å²) >= 11 is 0. The minimum Gasteiger partial charge on any atom is -1.00 e. The van der Waals surface area contributed by atoms with Gasteiger partial charge in [0.2, 0.25) is 0 Å². The Balaban J connectivity index is 0.00000134. The van der Waals surface area contributed by atoms with Gasteiger partial charge in [-0.1, -0.05) is 6.07 Å². The van der Waals surface area contributed by atoms with Gasteiger partial charge in [0.25, 0.3) is 0 Å². The molecule has 0 unspecified atom stereocenters. The minimum atomic E-state index is -2.04. The average Bonchev–Trinajstić information content (AvgIpc) is 0.773. The molecule has 9 aliphatic heterocycles. The van der Waals surface area contributed by atoms with E-state index in [-0.39, 0.29) is 25.3 Å². The van der Waals surface area contributed by atoms with Gasteiger partial charge in [-0.3, -0.25) is 0 Å². The lowest BCUT2D eigenvalue weighted by molar-refractivity contribution is -0.372. The molecule has 0 spiro atoms. The molecule has 0 aromatic heterocycles. The highest BCUT2D eigenvalue weighted by Gasteiger charge is 2.60. The number of amides is 1. The highest BCUT2D eigenvalue weighted by molar-refractivity contribution is 5.67. The zero-order chi connectivity index (χ0) is 84.6. The summed E-state index contributed by atoms with van der Waals surface area (Å²) in [5, 5.41) is 237. The molecule has 9 fully saturated rings. The van der Waals surface area contributed by atoms with Crippen molar-refractivity contribution in [3.05, 3.63) is 23.8 Å². The number of alkyl carbamates (subject to hydrolysis) is 1. The number of benzene rings is 1. The maximum Gasteiger partial charge on any atom is 1.00 e. The number of carbonyl (C=O) groups excluding carboxylic acids is 1. The Hall–Kier alpha value is -3.46. The fourth-order valence-corrected chi connectivity index (χ4v) is 14.6. The largest absolute Gasteiger partial charge is 1.00 e. The smallest absolute Gasteiger partial charge is 1.00 e. The fourth-order valence-electron chi connectivity index (χ4n) is 14.6. The molecule has 0 aliphatic carbocycles. The molecule has 674 valence electrons. The topological polar surface area (TPSA) is 874 Å². The molecule has 0 bridgehead atoms. The van der Waals surface area contributed by atoms with Crippen molar-refractivity contribution in [1.82, 2.24) is 5.32 Å². The number of aromatic hydroxyl groups is 2. The number of aliphatic hydroxyl groups is 20. The van der Waals surface area contributed by atoms with Crippen LogP contribution in [-0.4, -0.2) is 467 Å². The van der Waals surface area contributed by atoms with Gasteiger partial charge in [-0.05, 0) is 30.7 Å². The van der Waals surface area contributed by atoms with Gasteiger partial charge in [0.05, 0.1) is 115 Å². The number of rotatable bonds is 28. The predicted molar refractivity (Wildman–Crippen MR) is 370 cm³/mol. The number of phenols is 2. The number of methoxy groups -OCH3 is 1. The first-order valence-electron chi connectivity index (χ1n) is 36.8. The Morgan fingerprint density at radius 3 is 0.853 bits per heavy atom. The first-order chi connectivity index (χ1) is 54.6. The van der Waals surface area contributed by atoms with Crippen molar-refractivity contribution in [3.63, 3.8) is 0 Å². The lowest BCUT2D eigenvalue weighted by Gasteiger charge is -2.51. The van der Waals surface area contributed by atoms with E-state index in [9.17, 15) is 107 Å². The molecule has 41 N–H and O–H groups in total. The molecule has 9 saturated heterocycles. The van der Waals surface area contributed by atoms with Crippen LogP contribution in [0.4, 0.5) is 4.79 Å². The van der Waals surface area contributed by atoms with E-state index in [0.717, 1.165) is 12.7 Å². The molecular formula is C64H115ClN10O41. The summed E-state index contributed by atoms with van der Waals surface area (Å²) in [6.45, 7) is -7.70. The zero-order valence-corrected chi connectivity index (χ0v) is 62.9. The average molecular weight is 1720 g/mol. The van der Waals surface area contributed by atoms with Crippen LogP contribution < -0.4 is 69.3 Å². The fraction of sp³-hybridized carbons (Fsp3) is 0.891. The van der Waals surface area contributed by atoms with Crippen molar-refractivity contribution in [2.24, 2.45) is 51.6 Å². The van der Waals surface area contributed by atoms with Crippen LogP contribution in [0.25, 0.3) is 0 Å². The van der Waals surface area contributed by atoms with Crippen LogP contribution in [0.1, 0.15) is 6.99 Å². The van der Waals surface area contributed by atoms with Gasteiger partial charge < -0.3 is 267 Å². The second-order valence-corrected chi connectivity index (χ2v) is 28.9. The lowest BCUT2D eigenvalue weighted by atomic mass is 9.93. The first-order valence-corrected chi connectivity index (χ1v) is 36.8. The number of nitrogens with two attached hydrogens (primary N) is 9. The summed E-state index contributed by atoms with van der Waals surface area (Å²) in [7, 11) is 0.957. The van der Waals surface area contributed by atoms with Crippen LogP contribution in [0.5, 0.6) is 11.5 Å². The van der Waals surface area contributed by atoms with Crippen LogP contribution in [-0.2, 0) is 91.7 Å². The lowest BCUT2D eigenvalue weighted by Crippen LogP contribution is -3.00. The van der Waals surface area contributed by atoms with E-state index in [2.05, 4.69) is 5.32 Å². The third-order valence-corrected chi connectivity index (χ3v) is 21.4. The quantitative estimate of drug-likeness (QED) is 0.0346. The highest BCUT2D eigenvalue weighted by Crippen LogP contribution is 2.39. The molecule has 116 heavy (non-hydrogen) atoms. The Labute approximate surface area is 667 Å². The van der Waals surface area contributed by atoms with Crippen molar-refractivity contribution < 1.29 is 216 Å². The molecule has 10 rings (SSSR count). The number of hydrogen-bond acceptors (Lipinski definition) is 50. The Bertz CT molecular complexity index is 3110. The molecule has 9 aliphatic rings. The summed E-state index contributed by atoms with van der Waals surface area (Å²) in [4.78, 5) is 12.8. The number of aliphatic hydroxyl groups excluding tert-OH is 20. The summed E-state index contributed by atoms with van der Waals surface area (Å²) in [5.74, 6) is -0.179. The van der Waals surface area contributed by atoms with Crippen molar-refractivity contribution >= 4 is 6.09 Å². The summed E-state index contributed by atoms with van der Waals surface area (Å²) in [6.07, 6.45) is -61.9. The van der Waals surface area contributed by atoms with Gasteiger partial charge >= 0.3 is 7.52 Å². The monoisotopic (exact) mass is 1710 g/mol. The van der Waals surface area contributed by atoms with Crippen molar-refractivity contribution in [3.8, 4) is 11.5 Å². The maximum absolute atomic E-state index is 12.8. The number of nitrogens with one attached hydrogen (secondary N) is 1. The number of carbonyl (C=O) groups is 1. The standard InChI is InChI=1S/C56H103N9O39.C8H11NO2.ClH/c1-87-56(86)65-28-38(84)46(19(10-74)96-55(28)104-45-18(9-73)95-49(27(64)37(45)83)97-39-12(3-67)88-47(85)20(57)31(39)77)103-54-26(63)36(82)44(17(8-72)94-54)102-53-25(62)35(81)43(16(7-71)93-53)101-52-24(61)34(80)42(15(6-70)92-52)100-51-23(60)33(79)41(14(5-69)91-51)99-50-22(59)32(78)40(13(4-68)90-50)98-48-21(58)30(76)29(75)11(2-66)89-48;9-4-3-6-1-2-7(10)8(11)5-6;/h11-55,66-85H,2-10,57-64H2,1H3,(H,65,86);1-2,5,10-11H,3-4,9H2;1H/t11-,12-,13-,14-,15-,16-,17-,18-,19-,20-,21-,22-,23-,24-,25-,26-,27-,28-,29-,30-,31-,32-,33-,34-,35-,36-,37-,38-,39-,40-,41-,42-,43-,44-,45-,46-,47-,48+,49+,50+,51+,52+,53+,54+,55+;;/m1../s1. The van der Waals surface area contributed by atoms with Crippen LogP contribution in [0, 0.1) is 0 Å². The molecule has 1 amide bonds. The van der Waals surface area contributed by atoms with Gasteiger partial charge in [-0.15, -0.1) is 0 Å². The van der Waals surface area contributed by atoms with Crippen LogP contribution >= 0.6 is 0 Å². The second kappa shape index (κ2) is 43.7. The Morgan fingerprint density at radius 2 is 0.586 bits per heavy atom. The molecule has 51 nitrogen and oxygen atoms in total. The third kappa shape index (κ3) is 21.5. The van der Waals surface area contributed by atoms with Crippen molar-refractivity contribution in [2.75, 3.05) is 73.1 Å². The third-order valence-electron chi connectivity index (χ3n) is 21.4.